The van der Waals surface area contributed by atoms with Gasteiger partial charge < -0.3 is 11.1 Å². The average molecular weight is 307 g/mol. The van der Waals surface area contributed by atoms with Gasteiger partial charge in [-0.15, -0.1) is 12.4 Å². The lowest BCUT2D eigenvalue weighted by Crippen LogP contribution is -2.39. The molecule has 0 spiro atoms. The minimum atomic E-state index is -0.454. The summed E-state index contributed by atoms with van der Waals surface area (Å²) in [6, 6.07) is 4.39. The molecule has 106 valence electrons. The van der Waals surface area contributed by atoms with Gasteiger partial charge >= 0.3 is 0 Å². The summed E-state index contributed by atoms with van der Waals surface area (Å²) in [5.74, 6) is -0.176. The van der Waals surface area contributed by atoms with Crippen LogP contribution >= 0.6 is 24.0 Å². The Labute approximate surface area is 123 Å². The minimum absolute atomic E-state index is 0. The minimum Gasteiger partial charge on any atom is -0.354 e. The van der Waals surface area contributed by atoms with Gasteiger partial charge in [0.2, 0.25) is 5.91 Å². The van der Waals surface area contributed by atoms with Crippen molar-refractivity contribution in [1.29, 1.82) is 0 Å². The number of amides is 1. The molecule has 1 aromatic carbocycles. The first-order valence-corrected chi connectivity index (χ1v) is 6.41. The van der Waals surface area contributed by atoms with Crippen LogP contribution in [0.25, 0.3) is 0 Å². The van der Waals surface area contributed by atoms with Gasteiger partial charge in [-0.2, -0.15) is 0 Å². The van der Waals surface area contributed by atoms with Crippen molar-refractivity contribution in [3.8, 4) is 0 Å². The fourth-order valence-electron chi connectivity index (χ4n) is 1.85. The summed E-state index contributed by atoms with van der Waals surface area (Å²) in [6.45, 7) is 0.440. The van der Waals surface area contributed by atoms with Gasteiger partial charge in [0.15, 0.2) is 0 Å². The van der Waals surface area contributed by atoms with Crippen LogP contribution in [-0.2, 0) is 11.2 Å². The summed E-state index contributed by atoms with van der Waals surface area (Å²) < 4.78 is 13.5. The monoisotopic (exact) mass is 306 g/mol. The molecule has 0 radical (unpaired) electrons. The third-order valence-electron chi connectivity index (χ3n) is 3.16. The third kappa shape index (κ3) is 4.64. The number of halogens is 3. The van der Waals surface area contributed by atoms with E-state index in [4.69, 9.17) is 17.3 Å². The maximum atomic E-state index is 13.5. The highest BCUT2D eigenvalue weighted by atomic mass is 35.5. The molecular weight excluding hydrogens is 290 g/mol. The van der Waals surface area contributed by atoms with Crippen molar-refractivity contribution in [2.24, 2.45) is 11.7 Å². The van der Waals surface area contributed by atoms with Crippen molar-refractivity contribution in [3.63, 3.8) is 0 Å². The van der Waals surface area contributed by atoms with Crippen LogP contribution in [0.2, 0.25) is 5.02 Å². The predicted octanol–water partition coefficient (Wildman–Crippen LogP) is 2.30. The number of benzene rings is 1. The number of nitrogens with two attached hydrogens (primary N) is 1. The number of carbonyl (C=O) groups is 1. The van der Waals surface area contributed by atoms with Gasteiger partial charge in [-0.3, -0.25) is 4.79 Å². The van der Waals surface area contributed by atoms with Crippen molar-refractivity contribution in [1.82, 2.24) is 5.32 Å². The third-order valence-corrected chi connectivity index (χ3v) is 3.52. The van der Waals surface area contributed by atoms with E-state index >= 15 is 0 Å². The SMILES string of the molecule is Cl.NC(CNC(=O)Cc1c(F)cccc1Cl)C1CC1. The molecule has 19 heavy (non-hydrogen) atoms. The molecule has 1 aliphatic rings. The van der Waals surface area contributed by atoms with E-state index in [0.29, 0.717) is 12.5 Å². The van der Waals surface area contributed by atoms with E-state index in [2.05, 4.69) is 5.32 Å². The summed E-state index contributed by atoms with van der Waals surface area (Å²) >= 11 is 5.85. The van der Waals surface area contributed by atoms with E-state index in [1.54, 1.807) is 6.07 Å². The Kier molecular flexibility index (Phi) is 6.04. The summed E-state index contributed by atoms with van der Waals surface area (Å²) in [6.07, 6.45) is 2.22. The molecule has 1 atom stereocenters. The number of hydrogen-bond donors (Lipinski definition) is 2. The summed E-state index contributed by atoms with van der Waals surface area (Å²) in [5.41, 5.74) is 6.10. The molecule has 0 heterocycles. The lowest BCUT2D eigenvalue weighted by Gasteiger charge is -2.12. The van der Waals surface area contributed by atoms with Gasteiger partial charge in [0, 0.05) is 23.2 Å². The van der Waals surface area contributed by atoms with Crippen molar-refractivity contribution >= 4 is 29.9 Å². The molecule has 1 unspecified atom stereocenters. The topological polar surface area (TPSA) is 55.1 Å². The van der Waals surface area contributed by atoms with E-state index < -0.39 is 5.82 Å². The van der Waals surface area contributed by atoms with Crippen LogP contribution < -0.4 is 11.1 Å². The van der Waals surface area contributed by atoms with Gasteiger partial charge in [0.1, 0.15) is 5.82 Å². The van der Waals surface area contributed by atoms with Crippen LogP contribution in [-0.4, -0.2) is 18.5 Å². The number of nitrogens with one attached hydrogen (secondary N) is 1. The number of hydrogen-bond acceptors (Lipinski definition) is 2. The molecular formula is C13H17Cl2FN2O. The highest BCUT2D eigenvalue weighted by Crippen LogP contribution is 2.31. The van der Waals surface area contributed by atoms with Crippen LogP contribution in [0.5, 0.6) is 0 Å². The lowest BCUT2D eigenvalue weighted by molar-refractivity contribution is -0.120. The van der Waals surface area contributed by atoms with Crippen LogP contribution in [0.1, 0.15) is 18.4 Å². The van der Waals surface area contributed by atoms with Crippen LogP contribution in [0.3, 0.4) is 0 Å². The number of carbonyl (C=O) groups excluding carboxylic acids is 1. The first-order valence-electron chi connectivity index (χ1n) is 6.03. The van der Waals surface area contributed by atoms with E-state index in [1.165, 1.54) is 12.1 Å². The van der Waals surface area contributed by atoms with Gasteiger partial charge in [0.05, 0.1) is 6.42 Å². The molecule has 0 saturated heterocycles. The summed E-state index contributed by atoms with van der Waals surface area (Å²) in [5, 5.41) is 2.99. The maximum Gasteiger partial charge on any atom is 0.224 e. The van der Waals surface area contributed by atoms with Crippen molar-refractivity contribution < 1.29 is 9.18 Å². The first-order chi connectivity index (χ1) is 8.58. The second-order valence-electron chi connectivity index (χ2n) is 4.68. The molecule has 0 aromatic heterocycles. The van der Waals surface area contributed by atoms with Crippen LogP contribution in [0.15, 0.2) is 18.2 Å². The molecule has 0 bridgehead atoms. The standard InChI is InChI=1S/C13H16ClFN2O.ClH/c14-10-2-1-3-11(15)9(10)6-13(18)17-7-12(16)8-4-5-8;/h1-3,8,12H,4-7,16H2,(H,17,18);1H. The van der Waals surface area contributed by atoms with Crippen LogP contribution in [0, 0.1) is 11.7 Å². The Morgan fingerprint density at radius 1 is 1.53 bits per heavy atom. The van der Waals surface area contributed by atoms with Gasteiger partial charge in [-0.05, 0) is 30.9 Å². The lowest BCUT2D eigenvalue weighted by atomic mass is 10.1. The Hall–Kier alpha value is -0.840. The fraction of sp³-hybridized carbons (Fsp3) is 0.462. The van der Waals surface area contributed by atoms with Crippen molar-refractivity contribution in [3.05, 3.63) is 34.6 Å². The molecule has 1 aliphatic carbocycles. The molecule has 1 fully saturated rings. The largest absolute Gasteiger partial charge is 0.354 e. The molecule has 1 aromatic rings. The summed E-state index contributed by atoms with van der Waals surface area (Å²) in [4.78, 5) is 11.7. The quantitative estimate of drug-likeness (QED) is 0.877. The zero-order valence-electron chi connectivity index (χ0n) is 10.4. The van der Waals surface area contributed by atoms with Crippen molar-refractivity contribution in [2.75, 3.05) is 6.54 Å². The van der Waals surface area contributed by atoms with E-state index in [1.807, 2.05) is 0 Å². The average Bonchev–Trinajstić information content (AvgIpc) is 3.15. The predicted molar refractivity (Wildman–Crippen MR) is 76.1 cm³/mol. The summed E-state index contributed by atoms with van der Waals surface area (Å²) in [7, 11) is 0. The Balaban J connectivity index is 0.00000180. The van der Waals surface area contributed by atoms with Gasteiger partial charge in [-0.1, -0.05) is 17.7 Å². The highest BCUT2D eigenvalue weighted by Gasteiger charge is 2.28. The normalized spacial score (nSPS) is 15.5. The second kappa shape index (κ2) is 7.08. The highest BCUT2D eigenvalue weighted by molar-refractivity contribution is 6.31. The van der Waals surface area contributed by atoms with E-state index in [-0.39, 0.29) is 41.4 Å². The molecule has 6 heteroatoms. The van der Waals surface area contributed by atoms with Gasteiger partial charge in [-0.25, -0.2) is 4.39 Å². The second-order valence-corrected chi connectivity index (χ2v) is 5.09. The molecule has 1 saturated carbocycles. The molecule has 2 rings (SSSR count). The van der Waals surface area contributed by atoms with Gasteiger partial charge in [0.25, 0.3) is 0 Å². The van der Waals surface area contributed by atoms with Crippen LogP contribution in [0.4, 0.5) is 4.39 Å². The Bertz CT molecular complexity index is 432. The zero-order chi connectivity index (χ0) is 13.1. The molecule has 3 nitrogen and oxygen atoms in total. The molecule has 0 aliphatic heterocycles. The smallest absolute Gasteiger partial charge is 0.224 e. The van der Waals surface area contributed by atoms with E-state index in [0.717, 1.165) is 12.8 Å². The van der Waals surface area contributed by atoms with Crippen molar-refractivity contribution in [2.45, 2.75) is 25.3 Å². The fourth-order valence-corrected chi connectivity index (χ4v) is 2.08. The maximum absolute atomic E-state index is 13.5. The van der Waals surface area contributed by atoms with E-state index in [9.17, 15) is 9.18 Å². The number of rotatable bonds is 5. The first kappa shape index (κ1) is 16.2. The zero-order valence-corrected chi connectivity index (χ0v) is 11.9. The Morgan fingerprint density at radius 3 is 2.79 bits per heavy atom. The molecule has 1 amide bonds. The Morgan fingerprint density at radius 2 is 2.21 bits per heavy atom. The molecule has 3 N–H and O–H groups in total.